The van der Waals surface area contributed by atoms with Crippen molar-refractivity contribution in [1.82, 2.24) is 14.8 Å². The second-order valence-electron chi connectivity index (χ2n) is 3.54. The summed E-state index contributed by atoms with van der Waals surface area (Å²) < 4.78 is 1.80. The van der Waals surface area contributed by atoms with Crippen LogP contribution in [0, 0.1) is 13.8 Å². The molecule has 0 saturated heterocycles. The van der Waals surface area contributed by atoms with Crippen molar-refractivity contribution in [3.63, 3.8) is 0 Å². The van der Waals surface area contributed by atoms with Gasteiger partial charge in [0.15, 0.2) is 0 Å². The van der Waals surface area contributed by atoms with E-state index >= 15 is 0 Å². The van der Waals surface area contributed by atoms with Crippen LogP contribution in [0.15, 0.2) is 12.3 Å². The molecule has 0 aromatic carbocycles. The fourth-order valence-electron chi connectivity index (χ4n) is 1.66. The van der Waals surface area contributed by atoms with Crippen molar-refractivity contribution in [2.24, 2.45) is 12.8 Å². The average Bonchev–Trinajstić information content (AvgIpc) is 2.71. The van der Waals surface area contributed by atoms with Crippen molar-refractivity contribution >= 4 is 11.3 Å². The van der Waals surface area contributed by atoms with Crippen molar-refractivity contribution in [2.75, 3.05) is 0 Å². The quantitative estimate of drug-likeness (QED) is 0.838. The molecule has 1 atom stereocenters. The average molecular weight is 222 g/mol. The van der Waals surface area contributed by atoms with E-state index in [0.717, 1.165) is 21.3 Å². The van der Waals surface area contributed by atoms with E-state index in [0.29, 0.717) is 0 Å². The Kier molecular flexibility index (Phi) is 2.58. The monoisotopic (exact) mass is 222 g/mol. The topological polar surface area (TPSA) is 56.7 Å². The van der Waals surface area contributed by atoms with Gasteiger partial charge in [0.2, 0.25) is 0 Å². The number of hydrogen-bond donors (Lipinski definition) is 1. The van der Waals surface area contributed by atoms with Crippen LogP contribution < -0.4 is 5.73 Å². The number of nitrogens with zero attached hydrogens (tertiary/aromatic N) is 3. The fourth-order valence-corrected chi connectivity index (χ4v) is 2.60. The zero-order valence-electron chi connectivity index (χ0n) is 9.06. The van der Waals surface area contributed by atoms with E-state index in [2.05, 4.69) is 10.1 Å². The van der Waals surface area contributed by atoms with Gasteiger partial charge in [-0.1, -0.05) is 0 Å². The molecule has 2 heterocycles. The highest BCUT2D eigenvalue weighted by molar-refractivity contribution is 7.11. The van der Waals surface area contributed by atoms with Crippen molar-refractivity contribution in [3.05, 3.63) is 33.5 Å². The third-order valence-corrected chi connectivity index (χ3v) is 3.56. The Morgan fingerprint density at radius 1 is 1.47 bits per heavy atom. The largest absolute Gasteiger partial charge is 0.318 e. The normalized spacial score (nSPS) is 13.1. The molecule has 0 saturated carbocycles. The van der Waals surface area contributed by atoms with E-state index in [1.54, 1.807) is 22.2 Å². The molecule has 0 aliphatic rings. The van der Waals surface area contributed by atoms with Gasteiger partial charge >= 0.3 is 0 Å². The van der Waals surface area contributed by atoms with Gasteiger partial charge in [-0.15, -0.1) is 11.3 Å². The Bertz CT molecular complexity index is 471. The van der Waals surface area contributed by atoms with Crippen LogP contribution in [0.4, 0.5) is 0 Å². The summed E-state index contributed by atoms with van der Waals surface area (Å²) in [6.07, 6.45) is 1.76. The maximum Gasteiger partial charge on any atom is 0.0900 e. The SMILES string of the molecule is Cc1nc(C)c(C(N)c2ccnn2C)s1. The Morgan fingerprint density at radius 3 is 2.67 bits per heavy atom. The molecule has 4 nitrogen and oxygen atoms in total. The zero-order chi connectivity index (χ0) is 11.0. The fraction of sp³-hybridized carbons (Fsp3) is 0.400. The molecule has 2 aromatic rings. The number of aryl methyl sites for hydroxylation is 3. The standard InChI is InChI=1S/C10H14N4S/c1-6-10(15-7(2)13-6)9(11)8-4-5-12-14(8)3/h4-5,9H,11H2,1-3H3. The van der Waals surface area contributed by atoms with E-state index < -0.39 is 0 Å². The molecular formula is C10H14N4S. The van der Waals surface area contributed by atoms with E-state index in [1.165, 1.54) is 0 Å². The highest BCUT2D eigenvalue weighted by atomic mass is 32.1. The van der Waals surface area contributed by atoms with E-state index in [1.807, 2.05) is 27.0 Å². The van der Waals surface area contributed by atoms with E-state index in [9.17, 15) is 0 Å². The lowest BCUT2D eigenvalue weighted by molar-refractivity contribution is 0.676. The summed E-state index contributed by atoms with van der Waals surface area (Å²) in [5.74, 6) is 0. The predicted octanol–water partition coefficient (Wildman–Crippen LogP) is 1.54. The lowest BCUT2D eigenvalue weighted by Gasteiger charge is -2.10. The van der Waals surface area contributed by atoms with Crippen LogP contribution in [0.25, 0.3) is 0 Å². The molecule has 2 N–H and O–H groups in total. The van der Waals surface area contributed by atoms with Crippen LogP contribution in [-0.2, 0) is 7.05 Å². The molecule has 15 heavy (non-hydrogen) atoms. The first-order chi connectivity index (χ1) is 7.09. The van der Waals surface area contributed by atoms with Gasteiger partial charge in [-0.05, 0) is 19.9 Å². The highest BCUT2D eigenvalue weighted by Gasteiger charge is 2.17. The van der Waals surface area contributed by atoms with Crippen LogP contribution >= 0.6 is 11.3 Å². The van der Waals surface area contributed by atoms with Gasteiger partial charge in [-0.3, -0.25) is 4.68 Å². The molecule has 0 aliphatic heterocycles. The van der Waals surface area contributed by atoms with Gasteiger partial charge in [0.05, 0.1) is 27.3 Å². The first-order valence-electron chi connectivity index (χ1n) is 4.77. The summed E-state index contributed by atoms with van der Waals surface area (Å²) in [6, 6.07) is 1.82. The van der Waals surface area contributed by atoms with Crippen molar-refractivity contribution in [2.45, 2.75) is 19.9 Å². The minimum Gasteiger partial charge on any atom is -0.318 e. The number of aromatic nitrogens is 3. The highest BCUT2D eigenvalue weighted by Crippen LogP contribution is 2.27. The maximum absolute atomic E-state index is 6.19. The molecule has 2 aromatic heterocycles. The van der Waals surface area contributed by atoms with Crippen LogP contribution in [0.2, 0.25) is 0 Å². The molecule has 80 valence electrons. The Hall–Kier alpha value is -1.20. The predicted molar refractivity (Wildman–Crippen MR) is 60.8 cm³/mol. The summed E-state index contributed by atoms with van der Waals surface area (Å²) in [4.78, 5) is 5.50. The lowest BCUT2D eigenvalue weighted by atomic mass is 10.1. The third-order valence-electron chi connectivity index (χ3n) is 2.40. The summed E-state index contributed by atoms with van der Waals surface area (Å²) in [5.41, 5.74) is 8.22. The number of rotatable bonds is 2. The number of thiazole rings is 1. The van der Waals surface area contributed by atoms with Gasteiger partial charge in [0.1, 0.15) is 0 Å². The maximum atomic E-state index is 6.19. The summed E-state index contributed by atoms with van der Waals surface area (Å²) >= 11 is 1.65. The Labute approximate surface area is 92.8 Å². The molecule has 0 radical (unpaired) electrons. The molecule has 0 fully saturated rings. The third kappa shape index (κ3) is 1.80. The van der Waals surface area contributed by atoms with E-state index in [-0.39, 0.29) is 6.04 Å². The Balaban J connectivity index is 2.40. The van der Waals surface area contributed by atoms with Gasteiger partial charge in [-0.25, -0.2) is 4.98 Å². The first-order valence-corrected chi connectivity index (χ1v) is 5.58. The minimum absolute atomic E-state index is 0.122. The van der Waals surface area contributed by atoms with Gasteiger partial charge in [-0.2, -0.15) is 5.10 Å². The summed E-state index contributed by atoms with van der Waals surface area (Å²) in [7, 11) is 1.90. The number of hydrogen-bond acceptors (Lipinski definition) is 4. The molecule has 1 unspecified atom stereocenters. The van der Waals surface area contributed by atoms with Gasteiger partial charge in [0, 0.05) is 13.2 Å². The number of nitrogens with two attached hydrogens (primary N) is 1. The molecule has 0 bridgehead atoms. The molecule has 0 spiro atoms. The molecule has 0 amide bonds. The van der Waals surface area contributed by atoms with Crippen LogP contribution in [0.1, 0.15) is 27.3 Å². The molecule has 5 heteroatoms. The molecule has 0 aliphatic carbocycles. The van der Waals surface area contributed by atoms with Crippen LogP contribution in [-0.4, -0.2) is 14.8 Å². The first kappa shape index (κ1) is 10.3. The summed E-state index contributed by atoms with van der Waals surface area (Å²) in [5, 5.41) is 5.18. The zero-order valence-corrected chi connectivity index (χ0v) is 9.88. The Morgan fingerprint density at radius 2 is 2.20 bits per heavy atom. The van der Waals surface area contributed by atoms with Crippen molar-refractivity contribution in [1.29, 1.82) is 0 Å². The van der Waals surface area contributed by atoms with Crippen LogP contribution in [0.3, 0.4) is 0 Å². The van der Waals surface area contributed by atoms with Crippen LogP contribution in [0.5, 0.6) is 0 Å². The summed E-state index contributed by atoms with van der Waals surface area (Å²) in [6.45, 7) is 3.99. The second-order valence-corrected chi connectivity index (χ2v) is 4.77. The molecular weight excluding hydrogens is 208 g/mol. The van der Waals surface area contributed by atoms with E-state index in [4.69, 9.17) is 5.73 Å². The minimum atomic E-state index is -0.122. The van der Waals surface area contributed by atoms with Crippen molar-refractivity contribution in [3.8, 4) is 0 Å². The van der Waals surface area contributed by atoms with Gasteiger partial charge < -0.3 is 5.73 Å². The molecule has 2 rings (SSSR count). The van der Waals surface area contributed by atoms with Gasteiger partial charge in [0.25, 0.3) is 0 Å². The van der Waals surface area contributed by atoms with Crippen molar-refractivity contribution < 1.29 is 0 Å². The second kappa shape index (κ2) is 3.75. The lowest BCUT2D eigenvalue weighted by Crippen LogP contribution is -2.15. The smallest absolute Gasteiger partial charge is 0.0900 e.